The summed E-state index contributed by atoms with van der Waals surface area (Å²) in [6.45, 7) is 0. The third kappa shape index (κ3) is 3.46. The molecule has 0 N–H and O–H groups in total. The highest BCUT2D eigenvalue weighted by atomic mass is 32.3. The highest BCUT2D eigenvalue weighted by Crippen LogP contribution is 2.57. The molecule has 0 spiro atoms. The highest BCUT2D eigenvalue weighted by Gasteiger charge is 2.27. The van der Waals surface area contributed by atoms with Crippen molar-refractivity contribution in [3.63, 3.8) is 0 Å². The quantitative estimate of drug-likeness (QED) is 0.707. The molecule has 1 fully saturated rings. The van der Waals surface area contributed by atoms with Gasteiger partial charge >= 0.3 is 0 Å². The van der Waals surface area contributed by atoms with E-state index in [1.54, 1.807) is 11.1 Å². The van der Waals surface area contributed by atoms with Crippen LogP contribution in [0.5, 0.6) is 0 Å². The summed E-state index contributed by atoms with van der Waals surface area (Å²) < 4.78 is 0. The summed E-state index contributed by atoms with van der Waals surface area (Å²) >= 11 is 0. The van der Waals surface area contributed by atoms with Crippen LogP contribution in [0.4, 0.5) is 0 Å². The molecule has 0 aliphatic carbocycles. The molecule has 0 amide bonds. The van der Waals surface area contributed by atoms with Gasteiger partial charge in [-0.15, -0.1) is 0 Å². The fourth-order valence-corrected chi connectivity index (χ4v) is 7.61. The van der Waals surface area contributed by atoms with Crippen molar-refractivity contribution < 1.29 is 0 Å². The first kappa shape index (κ1) is 13.8. The zero-order chi connectivity index (χ0) is 13.7. The SMILES string of the molecule is c1ccc(CS2(Cc3ccccc3)CCCCC2)cc1. The van der Waals surface area contributed by atoms with Crippen LogP contribution in [0.3, 0.4) is 0 Å². The minimum Gasteiger partial charge on any atom is -0.233 e. The van der Waals surface area contributed by atoms with Gasteiger partial charge in [-0.05, 0) is 35.5 Å². The molecule has 0 nitrogen and oxygen atoms in total. The second kappa shape index (κ2) is 6.49. The minimum atomic E-state index is -0.504. The van der Waals surface area contributed by atoms with Crippen LogP contribution in [0.1, 0.15) is 30.4 Å². The molecule has 2 aromatic carbocycles. The Morgan fingerprint density at radius 1 is 0.600 bits per heavy atom. The molecule has 3 rings (SSSR count). The van der Waals surface area contributed by atoms with Crippen LogP contribution < -0.4 is 0 Å². The Morgan fingerprint density at radius 2 is 1.05 bits per heavy atom. The minimum absolute atomic E-state index is 0.504. The van der Waals surface area contributed by atoms with E-state index >= 15 is 0 Å². The summed E-state index contributed by atoms with van der Waals surface area (Å²) in [5, 5.41) is 0. The Labute approximate surface area is 124 Å². The Kier molecular flexibility index (Phi) is 4.47. The van der Waals surface area contributed by atoms with Gasteiger partial charge in [0, 0.05) is 11.5 Å². The van der Waals surface area contributed by atoms with E-state index in [1.165, 1.54) is 42.3 Å². The predicted octanol–water partition coefficient (Wildman–Crippen LogP) is 5.38. The topological polar surface area (TPSA) is 0 Å². The van der Waals surface area contributed by atoms with Crippen molar-refractivity contribution in [1.82, 2.24) is 0 Å². The lowest BCUT2D eigenvalue weighted by Gasteiger charge is -2.44. The van der Waals surface area contributed by atoms with E-state index in [9.17, 15) is 0 Å². The van der Waals surface area contributed by atoms with Crippen LogP contribution in [0.2, 0.25) is 0 Å². The summed E-state index contributed by atoms with van der Waals surface area (Å²) in [5.74, 6) is 5.58. The van der Waals surface area contributed by atoms with Crippen molar-refractivity contribution in [2.75, 3.05) is 11.5 Å². The Morgan fingerprint density at radius 3 is 1.50 bits per heavy atom. The molecule has 0 bridgehead atoms. The number of hydrogen-bond acceptors (Lipinski definition) is 0. The molecular formula is C19H24S. The van der Waals surface area contributed by atoms with Gasteiger partial charge < -0.3 is 0 Å². The standard InChI is InChI=1S/C19H24S/c1-4-10-18(11-5-1)16-20(14-8-3-9-15-20)17-19-12-6-2-7-13-19/h1-2,4-7,10-13H,3,8-9,14-17H2. The molecule has 1 heterocycles. The van der Waals surface area contributed by atoms with Crippen LogP contribution in [0.25, 0.3) is 0 Å². The van der Waals surface area contributed by atoms with Crippen LogP contribution in [-0.2, 0) is 11.5 Å². The average Bonchev–Trinajstić information content (AvgIpc) is 2.50. The van der Waals surface area contributed by atoms with Crippen molar-refractivity contribution >= 4 is 10.0 Å². The molecule has 1 heteroatoms. The third-order valence-corrected chi connectivity index (χ3v) is 8.49. The second-order valence-corrected chi connectivity index (χ2v) is 9.80. The monoisotopic (exact) mass is 284 g/mol. The van der Waals surface area contributed by atoms with Gasteiger partial charge in [0.1, 0.15) is 0 Å². The smallest absolute Gasteiger partial charge is 0.00281 e. The van der Waals surface area contributed by atoms with E-state index in [-0.39, 0.29) is 0 Å². The lowest BCUT2D eigenvalue weighted by molar-refractivity contribution is 0.749. The van der Waals surface area contributed by atoms with Crippen molar-refractivity contribution in [1.29, 1.82) is 0 Å². The van der Waals surface area contributed by atoms with Gasteiger partial charge in [-0.25, -0.2) is 10.0 Å². The normalized spacial score (nSPS) is 19.4. The van der Waals surface area contributed by atoms with E-state index in [0.717, 1.165) is 0 Å². The first-order chi connectivity index (χ1) is 9.86. The number of rotatable bonds is 4. The van der Waals surface area contributed by atoms with Crippen LogP contribution >= 0.6 is 10.0 Å². The lowest BCUT2D eigenvalue weighted by atomic mass is 10.2. The molecule has 0 radical (unpaired) electrons. The first-order valence-electron chi connectivity index (χ1n) is 7.68. The maximum atomic E-state index is 2.31. The van der Waals surface area contributed by atoms with E-state index in [1.807, 2.05) is 0 Å². The zero-order valence-corrected chi connectivity index (χ0v) is 12.9. The molecule has 1 saturated heterocycles. The van der Waals surface area contributed by atoms with Gasteiger partial charge in [-0.1, -0.05) is 67.1 Å². The summed E-state index contributed by atoms with van der Waals surface area (Å²) in [5.41, 5.74) is 3.08. The Balaban J connectivity index is 1.81. The van der Waals surface area contributed by atoms with E-state index < -0.39 is 10.0 Å². The number of benzene rings is 2. The number of hydrogen-bond donors (Lipinski definition) is 0. The molecular weight excluding hydrogens is 260 g/mol. The van der Waals surface area contributed by atoms with Crippen molar-refractivity contribution in [2.45, 2.75) is 30.8 Å². The zero-order valence-electron chi connectivity index (χ0n) is 12.1. The third-order valence-electron chi connectivity index (χ3n) is 4.29. The molecule has 0 unspecified atom stereocenters. The maximum absolute atomic E-state index is 2.31. The fraction of sp³-hybridized carbons (Fsp3) is 0.368. The summed E-state index contributed by atoms with van der Waals surface area (Å²) in [6, 6.07) is 22.3. The summed E-state index contributed by atoms with van der Waals surface area (Å²) in [7, 11) is -0.504. The molecule has 1 aliphatic rings. The van der Waals surface area contributed by atoms with Crippen molar-refractivity contribution in [3.05, 3.63) is 71.8 Å². The second-order valence-electron chi connectivity index (χ2n) is 5.95. The molecule has 20 heavy (non-hydrogen) atoms. The van der Waals surface area contributed by atoms with E-state index in [2.05, 4.69) is 60.7 Å². The van der Waals surface area contributed by atoms with Gasteiger partial charge in [0.25, 0.3) is 0 Å². The van der Waals surface area contributed by atoms with E-state index in [0.29, 0.717) is 0 Å². The Hall–Kier alpha value is -1.21. The highest BCUT2D eigenvalue weighted by molar-refractivity contribution is 8.32. The van der Waals surface area contributed by atoms with E-state index in [4.69, 9.17) is 0 Å². The lowest BCUT2D eigenvalue weighted by Crippen LogP contribution is -2.19. The fourth-order valence-electron chi connectivity index (χ4n) is 3.29. The molecule has 0 saturated carbocycles. The first-order valence-corrected chi connectivity index (χ1v) is 9.99. The van der Waals surface area contributed by atoms with Crippen LogP contribution in [0.15, 0.2) is 60.7 Å². The maximum Gasteiger partial charge on any atom is 0.00281 e. The van der Waals surface area contributed by atoms with Crippen molar-refractivity contribution in [3.8, 4) is 0 Å². The van der Waals surface area contributed by atoms with Gasteiger partial charge in [-0.2, -0.15) is 0 Å². The molecule has 0 atom stereocenters. The van der Waals surface area contributed by atoms with Gasteiger partial charge in [0.2, 0.25) is 0 Å². The molecule has 106 valence electrons. The Bertz CT molecular complexity index is 468. The van der Waals surface area contributed by atoms with Crippen LogP contribution in [-0.4, -0.2) is 11.5 Å². The molecule has 0 aromatic heterocycles. The van der Waals surface area contributed by atoms with Crippen LogP contribution in [0, 0.1) is 0 Å². The van der Waals surface area contributed by atoms with Crippen molar-refractivity contribution in [2.24, 2.45) is 0 Å². The summed E-state index contributed by atoms with van der Waals surface area (Å²) in [6.07, 6.45) is 4.32. The molecule has 1 aliphatic heterocycles. The van der Waals surface area contributed by atoms with Gasteiger partial charge in [-0.3, -0.25) is 0 Å². The molecule has 2 aromatic rings. The summed E-state index contributed by atoms with van der Waals surface area (Å²) in [4.78, 5) is 0. The largest absolute Gasteiger partial charge is 0.233 e. The van der Waals surface area contributed by atoms with Gasteiger partial charge in [0.05, 0.1) is 0 Å². The predicted molar refractivity (Wildman–Crippen MR) is 91.5 cm³/mol. The van der Waals surface area contributed by atoms with Gasteiger partial charge in [0.15, 0.2) is 0 Å². The average molecular weight is 284 g/mol.